The maximum absolute atomic E-state index is 11.9. The summed E-state index contributed by atoms with van der Waals surface area (Å²) in [5, 5.41) is 3.51. The Balaban J connectivity index is 0.00000306. The number of rotatable bonds is 8. The molecular weight excluding hydrogens is 527 g/mol. The zero-order valence-corrected chi connectivity index (χ0v) is 21.7. The maximum Gasteiger partial charge on any atom is 0.222 e. The highest BCUT2D eigenvalue weighted by atomic mass is 127. The highest BCUT2D eigenvalue weighted by Gasteiger charge is 2.25. The van der Waals surface area contributed by atoms with E-state index in [1.54, 1.807) is 0 Å². The number of likely N-dealkylation sites (tertiary alicyclic amines) is 2. The summed E-state index contributed by atoms with van der Waals surface area (Å²) in [5.41, 5.74) is 3.61. The topological polar surface area (TPSA) is 57.2 Å². The van der Waals surface area contributed by atoms with Crippen LogP contribution in [0.1, 0.15) is 36.0 Å². The first-order valence-electron chi connectivity index (χ1n) is 11.6. The molecule has 33 heavy (non-hydrogen) atoms. The number of amides is 1. The summed E-state index contributed by atoms with van der Waals surface area (Å²) in [6, 6.07) is 18.8. The van der Waals surface area contributed by atoms with E-state index in [1.165, 1.54) is 16.7 Å². The molecule has 1 amide bonds. The number of hydrogen-bond donors (Lipinski definition) is 1. The van der Waals surface area contributed by atoms with E-state index in [9.17, 15) is 4.79 Å². The van der Waals surface area contributed by atoms with Crippen molar-refractivity contribution < 1.29 is 9.53 Å². The molecule has 2 aromatic carbocycles. The van der Waals surface area contributed by atoms with Crippen molar-refractivity contribution in [2.75, 3.05) is 33.3 Å². The summed E-state index contributed by atoms with van der Waals surface area (Å²) in [7, 11) is 1.84. The first kappa shape index (κ1) is 25.5. The van der Waals surface area contributed by atoms with Crippen LogP contribution in [0.3, 0.4) is 0 Å². The van der Waals surface area contributed by atoms with Gasteiger partial charge in [-0.3, -0.25) is 9.79 Å². The minimum atomic E-state index is 0. The fourth-order valence-corrected chi connectivity index (χ4v) is 4.52. The second kappa shape index (κ2) is 12.9. The fraction of sp³-hybridized carbons (Fsp3) is 0.462. The average molecular weight is 562 g/mol. The summed E-state index contributed by atoms with van der Waals surface area (Å²) in [6.45, 7) is 5.71. The normalized spacial score (nSPS) is 18.5. The van der Waals surface area contributed by atoms with Gasteiger partial charge in [0.2, 0.25) is 5.91 Å². The first-order valence-corrected chi connectivity index (χ1v) is 11.6. The Labute approximate surface area is 214 Å². The quantitative estimate of drug-likeness (QED) is 0.300. The molecule has 1 unspecified atom stereocenters. The molecule has 178 valence electrons. The summed E-state index contributed by atoms with van der Waals surface area (Å²) >= 11 is 0. The molecule has 0 bridgehead atoms. The number of aliphatic imine (C=N–C) groups is 1. The van der Waals surface area contributed by atoms with Crippen LogP contribution < -0.4 is 5.32 Å². The predicted molar refractivity (Wildman–Crippen MR) is 142 cm³/mol. The van der Waals surface area contributed by atoms with Crippen LogP contribution in [0, 0.1) is 5.92 Å². The third-order valence-electron chi connectivity index (χ3n) is 6.25. The average Bonchev–Trinajstić information content (AvgIpc) is 3.45. The largest absolute Gasteiger partial charge is 0.376 e. The van der Waals surface area contributed by atoms with Crippen LogP contribution in [-0.2, 0) is 29.2 Å². The van der Waals surface area contributed by atoms with E-state index < -0.39 is 0 Å². The molecule has 0 spiro atoms. The van der Waals surface area contributed by atoms with Gasteiger partial charge in [0.25, 0.3) is 0 Å². The molecule has 2 aromatic rings. The molecule has 2 aliphatic rings. The van der Waals surface area contributed by atoms with Gasteiger partial charge in [-0.15, -0.1) is 24.0 Å². The van der Waals surface area contributed by atoms with E-state index in [-0.39, 0.29) is 29.9 Å². The van der Waals surface area contributed by atoms with Gasteiger partial charge in [0.1, 0.15) is 0 Å². The SMILES string of the molecule is CN=C(NCc1cccc(CN2CCCC2=O)c1)N1CCC(COCc2ccccc2)C1.I. The Morgan fingerprint density at radius 1 is 1.09 bits per heavy atom. The number of guanidine groups is 1. The summed E-state index contributed by atoms with van der Waals surface area (Å²) < 4.78 is 5.95. The summed E-state index contributed by atoms with van der Waals surface area (Å²) in [4.78, 5) is 20.7. The van der Waals surface area contributed by atoms with Crippen molar-refractivity contribution >= 4 is 35.8 Å². The first-order chi connectivity index (χ1) is 15.7. The smallest absolute Gasteiger partial charge is 0.222 e. The second-order valence-electron chi connectivity index (χ2n) is 8.74. The highest BCUT2D eigenvalue weighted by Crippen LogP contribution is 2.18. The van der Waals surface area contributed by atoms with Gasteiger partial charge in [0.05, 0.1) is 13.2 Å². The number of benzene rings is 2. The Morgan fingerprint density at radius 2 is 1.88 bits per heavy atom. The summed E-state index contributed by atoms with van der Waals surface area (Å²) in [6.07, 6.45) is 2.78. The number of carbonyl (C=O) groups excluding carboxylic acids is 1. The van der Waals surface area contributed by atoms with Gasteiger partial charge < -0.3 is 19.9 Å². The fourth-order valence-electron chi connectivity index (χ4n) is 4.52. The monoisotopic (exact) mass is 562 g/mol. The number of halogens is 1. The van der Waals surface area contributed by atoms with Crippen LogP contribution in [0.5, 0.6) is 0 Å². The molecule has 1 N–H and O–H groups in total. The van der Waals surface area contributed by atoms with E-state index in [0.717, 1.165) is 51.6 Å². The molecule has 4 rings (SSSR count). The molecule has 2 aliphatic heterocycles. The van der Waals surface area contributed by atoms with Gasteiger partial charge in [-0.05, 0) is 29.5 Å². The number of ether oxygens (including phenoxy) is 1. The Hall–Kier alpha value is -2.13. The molecule has 0 radical (unpaired) electrons. The van der Waals surface area contributed by atoms with Crippen LogP contribution in [-0.4, -0.2) is 55.0 Å². The molecule has 2 saturated heterocycles. The lowest BCUT2D eigenvalue weighted by Crippen LogP contribution is -2.39. The Morgan fingerprint density at radius 3 is 2.64 bits per heavy atom. The lowest BCUT2D eigenvalue weighted by molar-refractivity contribution is -0.128. The molecule has 7 heteroatoms. The van der Waals surface area contributed by atoms with Crippen LogP contribution in [0.4, 0.5) is 0 Å². The van der Waals surface area contributed by atoms with E-state index in [1.807, 2.05) is 30.1 Å². The number of nitrogens with one attached hydrogen (secondary N) is 1. The van der Waals surface area contributed by atoms with Gasteiger partial charge in [0.15, 0.2) is 5.96 Å². The standard InChI is InChI=1S/C26H34N4O2.HI/c1-27-26(30-14-12-24(18-30)20-32-19-21-7-3-2-4-8-21)28-16-22-9-5-10-23(15-22)17-29-13-6-11-25(29)31;/h2-5,7-10,15,24H,6,11-14,16-20H2,1H3,(H,27,28);1H. The molecule has 6 nitrogen and oxygen atoms in total. The molecule has 0 saturated carbocycles. The number of nitrogens with zero attached hydrogens (tertiary/aromatic N) is 3. The van der Waals surface area contributed by atoms with Crippen LogP contribution >= 0.6 is 24.0 Å². The van der Waals surface area contributed by atoms with Crippen molar-refractivity contribution in [1.82, 2.24) is 15.1 Å². The number of hydrogen-bond acceptors (Lipinski definition) is 3. The summed E-state index contributed by atoms with van der Waals surface area (Å²) in [5.74, 6) is 1.74. The van der Waals surface area contributed by atoms with Crippen molar-refractivity contribution in [3.63, 3.8) is 0 Å². The molecule has 1 atom stereocenters. The van der Waals surface area contributed by atoms with Gasteiger partial charge >= 0.3 is 0 Å². The van der Waals surface area contributed by atoms with Gasteiger partial charge in [-0.25, -0.2) is 0 Å². The van der Waals surface area contributed by atoms with Crippen molar-refractivity contribution in [1.29, 1.82) is 0 Å². The molecular formula is C26H35IN4O2. The van der Waals surface area contributed by atoms with E-state index in [0.29, 0.717) is 25.5 Å². The van der Waals surface area contributed by atoms with E-state index >= 15 is 0 Å². The Bertz CT molecular complexity index is 922. The van der Waals surface area contributed by atoms with Crippen LogP contribution in [0.25, 0.3) is 0 Å². The highest BCUT2D eigenvalue weighted by molar-refractivity contribution is 14.0. The van der Waals surface area contributed by atoms with E-state index in [4.69, 9.17) is 4.74 Å². The lowest BCUT2D eigenvalue weighted by Gasteiger charge is -2.22. The second-order valence-corrected chi connectivity index (χ2v) is 8.74. The lowest BCUT2D eigenvalue weighted by atomic mass is 10.1. The molecule has 2 fully saturated rings. The van der Waals surface area contributed by atoms with Gasteiger partial charge in [-0.2, -0.15) is 0 Å². The minimum absolute atomic E-state index is 0. The van der Waals surface area contributed by atoms with Crippen molar-refractivity contribution in [3.8, 4) is 0 Å². The zero-order valence-electron chi connectivity index (χ0n) is 19.4. The van der Waals surface area contributed by atoms with Gasteiger partial charge in [0, 0.05) is 52.1 Å². The van der Waals surface area contributed by atoms with Crippen LogP contribution in [0.15, 0.2) is 59.6 Å². The molecule has 2 heterocycles. The van der Waals surface area contributed by atoms with E-state index in [2.05, 4.69) is 51.6 Å². The maximum atomic E-state index is 11.9. The number of carbonyl (C=O) groups is 1. The van der Waals surface area contributed by atoms with Gasteiger partial charge in [-0.1, -0.05) is 54.6 Å². The van der Waals surface area contributed by atoms with Crippen LogP contribution in [0.2, 0.25) is 0 Å². The molecule has 0 aromatic heterocycles. The van der Waals surface area contributed by atoms with Crippen molar-refractivity contribution in [2.45, 2.75) is 39.0 Å². The third kappa shape index (κ3) is 7.43. The third-order valence-corrected chi connectivity index (χ3v) is 6.25. The van der Waals surface area contributed by atoms with Crippen molar-refractivity contribution in [2.24, 2.45) is 10.9 Å². The van der Waals surface area contributed by atoms with Crippen molar-refractivity contribution in [3.05, 3.63) is 71.3 Å². The Kier molecular flexibility index (Phi) is 9.99. The minimum Gasteiger partial charge on any atom is -0.376 e. The molecule has 0 aliphatic carbocycles. The predicted octanol–water partition coefficient (Wildman–Crippen LogP) is 4.04. The zero-order chi connectivity index (χ0) is 22.2.